The normalized spacial score (nSPS) is 14.2. The van der Waals surface area contributed by atoms with Crippen LogP contribution in [0.15, 0.2) is 73.1 Å². The Bertz CT molecular complexity index is 880. The lowest BCUT2D eigenvalue weighted by atomic mass is 10.1. The van der Waals surface area contributed by atoms with Gasteiger partial charge in [0.25, 0.3) is 5.91 Å². The lowest BCUT2D eigenvalue weighted by Crippen LogP contribution is -2.30. The van der Waals surface area contributed by atoms with Crippen molar-refractivity contribution in [2.24, 2.45) is 0 Å². The van der Waals surface area contributed by atoms with Crippen LogP contribution in [0.4, 0.5) is 11.4 Å². The zero-order valence-corrected chi connectivity index (χ0v) is 14.8. The molecule has 0 radical (unpaired) electrons. The van der Waals surface area contributed by atoms with Gasteiger partial charge in [-0.1, -0.05) is 24.3 Å². The molecule has 1 aromatic heterocycles. The van der Waals surface area contributed by atoms with Gasteiger partial charge in [-0.05, 0) is 55.7 Å². The van der Waals surface area contributed by atoms with E-state index >= 15 is 0 Å². The molecular formula is C22H23N3O. The molecule has 1 saturated heterocycles. The first-order chi connectivity index (χ1) is 12.8. The maximum atomic E-state index is 13.0. The first kappa shape index (κ1) is 16.5. The number of carbonyl (C=O) groups excluding carboxylic acids is 1. The second-order valence-corrected chi connectivity index (χ2v) is 6.63. The Labute approximate surface area is 154 Å². The third-order valence-corrected chi connectivity index (χ3v) is 4.88. The molecular weight excluding hydrogens is 322 g/mol. The monoisotopic (exact) mass is 345 g/mol. The summed E-state index contributed by atoms with van der Waals surface area (Å²) in [7, 11) is 0. The zero-order valence-electron chi connectivity index (χ0n) is 14.8. The number of nitrogens with zero attached hydrogens (tertiary/aromatic N) is 2. The molecule has 0 bridgehead atoms. The van der Waals surface area contributed by atoms with E-state index in [0.29, 0.717) is 5.56 Å². The fourth-order valence-electron chi connectivity index (χ4n) is 3.57. The predicted octanol–water partition coefficient (Wildman–Crippen LogP) is 4.72. The Morgan fingerprint density at radius 2 is 1.42 bits per heavy atom. The van der Waals surface area contributed by atoms with Gasteiger partial charge in [-0.15, -0.1) is 0 Å². The summed E-state index contributed by atoms with van der Waals surface area (Å²) in [6.07, 6.45) is 7.61. The summed E-state index contributed by atoms with van der Waals surface area (Å²) < 4.78 is 1.96. The fraction of sp³-hybridized carbons (Fsp3) is 0.227. The van der Waals surface area contributed by atoms with E-state index < -0.39 is 0 Å². The van der Waals surface area contributed by atoms with Crippen LogP contribution in [0.25, 0.3) is 5.69 Å². The molecule has 3 aromatic rings. The van der Waals surface area contributed by atoms with Crippen molar-refractivity contribution in [1.29, 1.82) is 0 Å². The van der Waals surface area contributed by atoms with Gasteiger partial charge in [0.05, 0.1) is 22.6 Å². The van der Waals surface area contributed by atoms with Crippen molar-refractivity contribution in [3.8, 4) is 5.69 Å². The number of amides is 1. The molecule has 26 heavy (non-hydrogen) atoms. The van der Waals surface area contributed by atoms with Crippen LogP contribution in [0.1, 0.15) is 29.6 Å². The maximum Gasteiger partial charge on any atom is 0.257 e. The molecule has 0 aliphatic carbocycles. The van der Waals surface area contributed by atoms with Gasteiger partial charge in [0, 0.05) is 25.5 Å². The van der Waals surface area contributed by atoms with Crippen LogP contribution < -0.4 is 10.2 Å². The first-order valence-electron chi connectivity index (χ1n) is 9.20. The largest absolute Gasteiger partial charge is 0.370 e. The van der Waals surface area contributed by atoms with Crippen molar-refractivity contribution in [2.75, 3.05) is 23.3 Å². The molecule has 0 unspecified atom stereocenters. The molecule has 1 aliphatic heterocycles. The Balaban J connectivity index is 1.62. The molecule has 1 aliphatic rings. The molecule has 4 rings (SSSR count). The summed E-state index contributed by atoms with van der Waals surface area (Å²) in [5.41, 5.74) is 3.53. The van der Waals surface area contributed by atoms with E-state index in [0.717, 1.165) is 30.2 Å². The van der Waals surface area contributed by atoms with Gasteiger partial charge in [-0.25, -0.2) is 0 Å². The van der Waals surface area contributed by atoms with E-state index in [1.54, 1.807) is 0 Å². The van der Waals surface area contributed by atoms with Crippen LogP contribution in [0.5, 0.6) is 0 Å². The summed E-state index contributed by atoms with van der Waals surface area (Å²) >= 11 is 0. The third-order valence-electron chi connectivity index (χ3n) is 4.88. The van der Waals surface area contributed by atoms with Crippen molar-refractivity contribution in [2.45, 2.75) is 19.3 Å². The van der Waals surface area contributed by atoms with E-state index in [1.165, 1.54) is 19.3 Å². The highest BCUT2D eigenvalue weighted by Crippen LogP contribution is 2.29. The van der Waals surface area contributed by atoms with E-state index in [2.05, 4.69) is 16.3 Å². The summed E-state index contributed by atoms with van der Waals surface area (Å²) in [5.74, 6) is -0.0845. The summed E-state index contributed by atoms with van der Waals surface area (Å²) in [4.78, 5) is 15.4. The number of anilines is 2. The average Bonchev–Trinajstić information content (AvgIpc) is 3.24. The second-order valence-electron chi connectivity index (χ2n) is 6.63. The van der Waals surface area contributed by atoms with E-state index in [9.17, 15) is 4.79 Å². The molecule has 0 spiro atoms. The molecule has 4 nitrogen and oxygen atoms in total. The molecule has 2 heterocycles. The van der Waals surface area contributed by atoms with E-state index in [4.69, 9.17) is 0 Å². The van der Waals surface area contributed by atoms with Crippen LogP contribution in [-0.2, 0) is 0 Å². The molecule has 0 atom stereocenters. The fourth-order valence-corrected chi connectivity index (χ4v) is 3.57. The Hall–Kier alpha value is -3.01. The van der Waals surface area contributed by atoms with Gasteiger partial charge >= 0.3 is 0 Å². The van der Waals surface area contributed by atoms with Gasteiger partial charge in [-0.3, -0.25) is 4.79 Å². The lowest BCUT2D eigenvalue weighted by Gasteiger charge is -2.30. The van der Waals surface area contributed by atoms with Crippen LogP contribution in [-0.4, -0.2) is 23.6 Å². The van der Waals surface area contributed by atoms with Crippen LogP contribution >= 0.6 is 0 Å². The highest BCUT2D eigenvalue weighted by Gasteiger charge is 2.17. The third kappa shape index (κ3) is 3.36. The number of nitrogens with one attached hydrogen (secondary N) is 1. The van der Waals surface area contributed by atoms with E-state index in [1.807, 2.05) is 71.6 Å². The highest BCUT2D eigenvalue weighted by molar-refractivity contribution is 6.08. The van der Waals surface area contributed by atoms with Crippen LogP contribution in [0, 0.1) is 0 Å². The Kier molecular flexibility index (Phi) is 4.73. The van der Waals surface area contributed by atoms with Crippen molar-refractivity contribution < 1.29 is 4.79 Å². The summed E-state index contributed by atoms with van der Waals surface area (Å²) in [6, 6.07) is 19.7. The number of aromatic nitrogens is 1. The summed E-state index contributed by atoms with van der Waals surface area (Å²) in [5, 5.41) is 3.13. The molecule has 1 fully saturated rings. The molecule has 1 amide bonds. The van der Waals surface area contributed by atoms with Gasteiger partial charge in [0.15, 0.2) is 0 Å². The number of carbonyl (C=O) groups is 1. The van der Waals surface area contributed by atoms with Gasteiger partial charge < -0.3 is 14.8 Å². The molecule has 4 heteroatoms. The number of hydrogen-bond donors (Lipinski definition) is 1. The Morgan fingerprint density at radius 1 is 0.769 bits per heavy atom. The number of piperidine rings is 1. The zero-order chi connectivity index (χ0) is 17.8. The SMILES string of the molecule is O=C(Nc1ccccc1N1CCCCC1)c1ccccc1-n1cccc1. The van der Waals surface area contributed by atoms with Crippen LogP contribution in [0.2, 0.25) is 0 Å². The lowest BCUT2D eigenvalue weighted by molar-refractivity contribution is 0.102. The minimum Gasteiger partial charge on any atom is -0.370 e. The molecule has 2 aromatic carbocycles. The molecule has 132 valence electrons. The quantitative estimate of drug-likeness (QED) is 0.743. The van der Waals surface area contributed by atoms with E-state index in [-0.39, 0.29) is 5.91 Å². The summed E-state index contributed by atoms with van der Waals surface area (Å²) in [6.45, 7) is 2.10. The standard InChI is InChI=1S/C22H23N3O/c26-22(18-10-2-4-12-20(18)24-16-8-9-17-24)23-19-11-3-5-13-21(19)25-14-6-1-7-15-25/h2-5,8-13,16-17H,1,6-7,14-15H2,(H,23,26). The second kappa shape index (κ2) is 7.48. The molecule has 1 N–H and O–H groups in total. The number of rotatable bonds is 4. The van der Waals surface area contributed by atoms with Crippen molar-refractivity contribution in [1.82, 2.24) is 4.57 Å². The van der Waals surface area contributed by atoms with Crippen molar-refractivity contribution >= 4 is 17.3 Å². The number of para-hydroxylation sites is 3. The first-order valence-corrected chi connectivity index (χ1v) is 9.20. The number of benzene rings is 2. The van der Waals surface area contributed by atoms with Gasteiger partial charge in [-0.2, -0.15) is 0 Å². The Morgan fingerprint density at radius 3 is 2.19 bits per heavy atom. The molecule has 0 saturated carbocycles. The van der Waals surface area contributed by atoms with Crippen molar-refractivity contribution in [3.63, 3.8) is 0 Å². The maximum absolute atomic E-state index is 13.0. The predicted molar refractivity (Wildman–Crippen MR) is 106 cm³/mol. The van der Waals surface area contributed by atoms with Crippen molar-refractivity contribution in [3.05, 3.63) is 78.6 Å². The topological polar surface area (TPSA) is 37.3 Å². The number of hydrogen-bond acceptors (Lipinski definition) is 2. The minimum absolute atomic E-state index is 0.0845. The minimum atomic E-state index is -0.0845. The smallest absolute Gasteiger partial charge is 0.257 e. The highest BCUT2D eigenvalue weighted by atomic mass is 16.1. The average molecular weight is 345 g/mol. The van der Waals surface area contributed by atoms with Crippen LogP contribution in [0.3, 0.4) is 0 Å². The van der Waals surface area contributed by atoms with Gasteiger partial charge in [0.2, 0.25) is 0 Å². The van der Waals surface area contributed by atoms with Gasteiger partial charge in [0.1, 0.15) is 0 Å².